The number of carbonyl (C=O) groups is 1. The number of carbonyl (C=O) groups excluding carboxylic acids is 1. The van der Waals surface area contributed by atoms with Crippen molar-refractivity contribution in [3.8, 4) is 0 Å². The lowest BCUT2D eigenvalue weighted by atomic mass is 10.1. The monoisotopic (exact) mass is 290 g/mol. The molecule has 0 bridgehead atoms. The Kier molecular flexibility index (Phi) is 3.48. The molecule has 1 saturated carbocycles. The van der Waals surface area contributed by atoms with Crippen molar-refractivity contribution in [2.24, 2.45) is 5.92 Å². The van der Waals surface area contributed by atoms with Gasteiger partial charge in [0.1, 0.15) is 12.0 Å². The Morgan fingerprint density at radius 2 is 2.29 bits per heavy atom. The number of hydrogen-bond acceptors (Lipinski definition) is 5. The van der Waals surface area contributed by atoms with Crippen molar-refractivity contribution in [3.05, 3.63) is 27.9 Å². The summed E-state index contributed by atoms with van der Waals surface area (Å²) in [6.45, 7) is 3.17. The molecule has 0 unspecified atom stereocenters. The van der Waals surface area contributed by atoms with Gasteiger partial charge in [-0.3, -0.25) is 14.9 Å². The molecular formula is C14H18N4O3. The van der Waals surface area contributed by atoms with E-state index in [0.29, 0.717) is 30.4 Å². The van der Waals surface area contributed by atoms with Gasteiger partial charge in [-0.1, -0.05) is 0 Å². The molecule has 1 saturated heterocycles. The SMILES string of the molecule is Cc1cc(NC[C@@H]2CC(=O)N(C3CC3)C2)ncc1[N+](=O)[O-]. The van der Waals surface area contributed by atoms with Gasteiger partial charge in [-0.2, -0.15) is 0 Å². The summed E-state index contributed by atoms with van der Waals surface area (Å²) in [6, 6.07) is 2.15. The number of aromatic nitrogens is 1. The fourth-order valence-corrected chi connectivity index (χ4v) is 2.77. The minimum Gasteiger partial charge on any atom is -0.370 e. The van der Waals surface area contributed by atoms with E-state index in [4.69, 9.17) is 0 Å². The fourth-order valence-electron chi connectivity index (χ4n) is 2.77. The second-order valence-electron chi connectivity index (χ2n) is 5.84. The van der Waals surface area contributed by atoms with Crippen LogP contribution in [-0.4, -0.2) is 39.8 Å². The highest BCUT2D eigenvalue weighted by atomic mass is 16.6. The number of anilines is 1. The largest absolute Gasteiger partial charge is 0.370 e. The third kappa shape index (κ3) is 2.96. The number of nitrogens with one attached hydrogen (secondary N) is 1. The predicted molar refractivity (Wildman–Crippen MR) is 77.0 cm³/mol. The van der Waals surface area contributed by atoms with Crippen LogP contribution in [0.3, 0.4) is 0 Å². The van der Waals surface area contributed by atoms with Crippen molar-refractivity contribution in [1.82, 2.24) is 9.88 Å². The highest BCUT2D eigenvalue weighted by molar-refractivity contribution is 5.79. The Bertz CT molecular complexity index is 586. The molecule has 0 aromatic carbocycles. The summed E-state index contributed by atoms with van der Waals surface area (Å²) in [4.78, 5) is 28.2. The molecule has 1 N–H and O–H groups in total. The molecule has 1 aromatic rings. The Balaban J connectivity index is 1.57. The summed E-state index contributed by atoms with van der Waals surface area (Å²) in [7, 11) is 0. The van der Waals surface area contributed by atoms with Crippen LogP contribution >= 0.6 is 0 Å². The molecule has 1 aliphatic carbocycles. The first-order valence-electron chi connectivity index (χ1n) is 7.19. The van der Waals surface area contributed by atoms with Crippen molar-refractivity contribution in [3.63, 3.8) is 0 Å². The van der Waals surface area contributed by atoms with Gasteiger partial charge in [-0.25, -0.2) is 4.98 Å². The first kappa shape index (κ1) is 13.8. The van der Waals surface area contributed by atoms with E-state index in [2.05, 4.69) is 10.3 Å². The molecule has 0 radical (unpaired) electrons. The topological polar surface area (TPSA) is 88.4 Å². The number of nitrogens with zero attached hydrogens (tertiary/aromatic N) is 3. The predicted octanol–water partition coefficient (Wildman–Crippen LogP) is 1.72. The zero-order valence-corrected chi connectivity index (χ0v) is 11.9. The molecule has 1 aliphatic heterocycles. The summed E-state index contributed by atoms with van der Waals surface area (Å²) < 4.78 is 0. The van der Waals surface area contributed by atoms with Crippen LogP contribution in [0.2, 0.25) is 0 Å². The van der Waals surface area contributed by atoms with Crippen LogP contribution in [0.1, 0.15) is 24.8 Å². The molecule has 1 atom stereocenters. The summed E-state index contributed by atoms with van der Waals surface area (Å²) in [5.74, 6) is 1.16. The highest BCUT2D eigenvalue weighted by Crippen LogP contribution is 2.32. The average molecular weight is 290 g/mol. The van der Waals surface area contributed by atoms with Crippen LogP contribution < -0.4 is 5.32 Å². The molecule has 112 valence electrons. The maximum Gasteiger partial charge on any atom is 0.290 e. The Hall–Kier alpha value is -2.18. The lowest BCUT2D eigenvalue weighted by Gasteiger charge is -2.15. The van der Waals surface area contributed by atoms with Crippen molar-refractivity contribution in [1.29, 1.82) is 0 Å². The van der Waals surface area contributed by atoms with E-state index in [0.717, 1.165) is 19.4 Å². The second kappa shape index (κ2) is 5.31. The maximum absolute atomic E-state index is 11.9. The summed E-state index contributed by atoms with van der Waals surface area (Å²) >= 11 is 0. The molecule has 3 rings (SSSR count). The van der Waals surface area contributed by atoms with Crippen molar-refractivity contribution in [2.75, 3.05) is 18.4 Å². The molecule has 7 heteroatoms. The van der Waals surface area contributed by atoms with E-state index in [1.165, 1.54) is 6.20 Å². The number of hydrogen-bond donors (Lipinski definition) is 1. The van der Waals surface area contributed by atoms with E-state index < -0.39 is 4.92 Å². The van der Waals surface area contributed by atoms with Gasteiger partial charge in [-0.15, -0.1) is 0 Å². The first-order chi connectivity index (χ1) is 10.0. The van der Waals surface area contributed by atoms with Crippen molar-refractivity contribution < 1.29 is 9.72 Å². The lowest BCUT2D eigenvalue weighted by molar-refractivity contribution is -0.385. The number of rotatable bonds is 5. The Labute approximate surface area is 122 Å². The van der Waals surface area contributed by atoms with Crippen LogP contribution in [0, 0.1) is 23.0 Å². The molecule has 2 heterocycles. The number of amides is 1. The van der Waals surface area contributed by atoms with Gasteiger partial charge in [0, 0.05) is 37.0 Å². The van der Waals surface area contributed by atoms with Gasteiger partial charge < -0.3 is 10.2 Å². The fraction of sp³-hybridized carbons (Fsp3) is 0.571. The highest BCUT2D eigenvalue weighted by Gasteiger charge is 2.39. The number of pyridine rings is 1. The van der Waals surface area contributed by atoms with Crippen LogP contribution in [0.4, 0.5) is 11.5 Å². The van der Waals surface area contributed by atoms with Crippen LogP contribution in [0.25, 0.3) is 0 Å². The molecule has 0 spiro atoms. The first-order valence-corrected chi connectivity index (χ1v) is 7.19. The minimum absolute atomic E-state index is 0.0245. The van der Waals surface area contributed by atoms with Crippen LogP contribution in [0.5, 0.6) is 0 Å². The average Bonchev–Trinajstić information content (AvgIpc) is 3.20. The van der Waals surface area contributed by atoms with Crippen LogP contribution in [0.15, 0.2) is 12.3 Å². The van der Waals surface area contributed by atoms with E-state index >= 15 is 0 Å². The number of aryl methyl sites for hydroxylation is 1. The van der Waals surface area contributed by atoms with E-state index in [1.807, 2.05) is 4.90 Å². The zero-order valence-electron chi connectivity index (χ0n) is 11.9. The molecule has 21 heavy (non-hydrogen) atoms. The van der Waals surface area contributed by atoms with Crippen molar-refractivity contribution >= 4 is 17.4 Å². The Morgan fingerprint density at radius 3 is 2.90 bits per heavy atom. The molecule has 2 fully saturated rings. The van der Waals surface area contributed by atoms with Gasteiger partial charge in [0.15, 0.2) is 0 Å². The summed E-state index contributed by atoms with van der Waals surface area (Å²) in [5.41, 5.74) is 0.608. The number of nitro groups is 1. The van der Waals surface area contributed by atoms with E-state index in [1.54, 1.807) is 13.0 Å². The van der Waals surface area contributed by atoms with Crippen LogP contribution in [-0.2, 0) is 4.79 Å². The second-order valence-corrected chi connectivity index (χ2v) is 5.84. The third-order valence-corrected chi connectivity index (χ3v) is 4.08. The number of likely N-dealkylation sites (tertiary alicyclic amines) is 1. The Morgan fingerprint density at radius 1 is 1.52 bits per heavy atom. The van der Waals surface area contributed by atoms with Gasteiger partial charge in [0.05, 0.1) is 4.92 Å². The smallest absolute Gasteiger partial charge is 0.290 e. The maximum atomic E-state index is 11.9. The van der Waals surface area contributed by atoms with Crippen molar-refractivity contribution in [2.45, 2.75) is 32.2 Å². The van der Waals surface area contributed by atoms with E-state index in [-0.39, 0.29) is 17.5 Å². The quantitative estimate of drug-likeness (QED) is 0.659. The van der Waals surface area contributed by atoms with Gasteiger partial charge >= 0.3 is 0 Å². The molecule has 1 aromatic heterocycles. The summed E-state index contributed by atoms with van der Waals surface area (Å²) in [5, 5.41) is 13.9. The lowest BCUT2D eigenvalue weighted by Crippen LogP contribution is -2.28. The standard InChI is InChI=1S/C14H18N4O3/c1-9-4-13(16-7-12(9)18(20)21)15-6-10-5-14(19)17(8-10)11-2-3-11/h4,7,10-11H,2-3,5-6,8H2,1H3,(H,15,16)/t10-/m0/s1. The zero-order chi connectivity index (χ0) is 15.0. The molecule has 7 nitrogen and oxygen atoms in total. The normalized spacial score (nSPS) is 21.7. The van der Waals surface area contributed by atoms with Gasteiger partial charge in [-0.05, 0) is 25.8 Å². The minimum atomic E-state index is -0.435. The molecular weight excluding hydrogens is 272 g/mol. The molecule has 2 aliphatic rings. The van der Waals surface area contributed by atoms with Gasteiger partial charge in [0.25, 0.3) is 5.69 Å². The van der Waals surface area contributed by atoms with E-state index in [9.17, 15) is 14.9 Å². The molecule has 1 amide bonds. The third-order valence-electron chi connectivity index (χ3n) is 4.08. The summed E-state index contributed by atoms with van der Waals surface area (Å²) in [6.07, 6.45) is 4.12. The van der Waals surface area contributed by atoms with Gasteiger partial charge in [0.2, 0.25) is 5.91 Å².